The molecule has 1 aromatic heterocycles. The van der Waals surface area contributed by atoms with E-state index in [4.69, 9.17) is 4.74 Å². The Hall–Kier alpha value is -3.45. The predicted octanol–water partition coefficient (Wildman–Crippen LogP) is 5.52. The standard InChI is InChI=1S/C31H37N3O4/c1-19-14-20(23-8-6-7-9-25(23)32-19)17-38-22-12-10-21(11-13-22)33-28(35)27-24(29(36)37)15-31(18-34(27)5)16-26(31)30(2,3)4/h6-14,24,26-27H,15-18H2,1-5H3,(H,33,35)(H,36,37)/t24-,26?,27-,31?/m0/s1. The third kappa shape index (κ3) is 5.12. The van der Waals surface area contributed by atoms with Crippen LogP contribution >= 0.6 is 0 Å². The van der Waals surface area contributed by atoms with Crippen LogP contribution in [0.3, 0.4) is 0 Å². The van der Waals surface area contributed by atoms with Crippen molar-refractivity contribution in [1.82, 2.24) is 9.88 Å². The molecule has 1 aliphatic carbocycles. The number of carbonyl (C=O) groups excluding carboxylic acids is 1. The number of fused-ring (bicyclic) bond motifs is 1. The number of aliphatic carboxylic acids is 1. The number of nitrogens with zero attached hydrogens (tertiary/aromatic N) is 2. The molecule has 0 radical (unpaired) electrons. The van der Waals surface area contributed by atoms with Gasteiger partial charge < -0.3 is 15.2 Å². The second-order valence-corrected chi connectivity index (χ2v) is 12.2. The summed E-state index contributed by atoms with van der Waals surface area (Å²) in [4.78, 5) is 32.1. The zero-order chi connectivity index (χ0) is 27.2. The van der Waals surface area contributed by atoms with Crippen LogP contribution in [0, 0.1) is 29.6 Å². The van der Waals surface area contributed by atoms with Crippen molar-refractivity contribution in [2.75, 3.05) is 18.9 Å². The number of carboxylic acids is 1. The molecular formula is C31H37N3O4. The monoisotopic (exact) mass is 515 g/mol. The fourth-order valence-corrected chi connectivity index (χ4v) is 6.62. The van der Waals surface area contributed by atoms with Crippen molar-refractivity contribution in [3.8, 4) is 5.75 Å². The third-order valence-corrected chi connectivity index (χ3v) is 8.31. The Labute approximate surface area is 224 Å². The van der Waals surface area contributed by atoms with Crippen molar-refractivity contribution in [2.45, 2.75) is 53.2 Å². The Morgan fingerprint density at radius 1 is 1.13 bits per heavy atom. The van der Waals surface area contributed by atoms with Crippen LogP contribution in [0.2, 0.25) is 0 Å². The number of likely N-dealkylation sites (tertiary alicyclic amines) is 1. The fraction of sp³-hybridized carbons (Fsp3) is 0.452. The van der Waals surface area contributed by atoms with Crippen LogP contribution in [-0.4, -0.2) is 46.5 Å². The number of aromatic nitrogens is 1. The van der Waals surface area contributed by atoms with Crippen molar-refractivity contribution in [1.29, 1.82) is 0 Å². The van der Waals surface area contributed by atoms with Gasteiger partial charge in [0, 0.05) is 28.9 Å². The van der Waals surface area contributed by atoms with E-state index < -0.39 is 17.9 Å². The summed E-state index contributed by atoms with van der Waals surface area (Å²) in [6.45, 7) is 9.77. The maximum Gasteiger partial charge on any atom is 0.308 e. The van der Waals surface area contributed by atoms with Gasteiger partial charge in [-0.15, -0.1) is 0 Å². The van der Waals surface area contributed by atoms with Crippen molar-refractivity contribution < 1.29 is 19.4 Å². The molecule has 1 saturated carbocycles. The topological polar surface area (TPSA) is 91.8 Å². The summed E-state index contributed by atoms with van der Waals surface area (Å²) in [5, 5.41) is 14.0. The van der Waals surface area contributed by atoms with Crippen molar-refractivity contribution in [3.63, 3.8) is 0 Å². The highest BCUT2D eigenvalue weighted by atomic mass is 16.5. The van der Waals surface area contributed by atoms with Gasteiger partial charge in [0.15, 0.2) is 0 Å². The second kappa shape index (κ2) is 9.70. The highest BCUT2D eigenvalue weighted by Gasteiger charge is 2.63. The van der Waals surface area contributed by atoms with Gasteiger partial charge in [-0.2, -0.15) is 0 Å². The minimum atomic E-state index is -0.904. The number of pyridine rings is 1. The molecule has 2 unspecified atom stereocenters. The number of para-hydroxylation sites is 1. The number of hydrogen-bond donors (Lipinski definition) is 2. The predicted molar refractivity (Wildman–Crippen MR) is 148 cm³/mol. The lowest BCUT2D eigenvalue weighted by molar-refractivity contribution is -0.151. The second-order valence-electron chi connectivity index (χ2n) is 12.2. The van der Waals surface area contributed by atoms with Gasteiger partial charge in [0.2, 0.25) is 5.91 Å². The molecule has 2 aliphatic rings. The van der Waals surface area contributed by atoms with E-state index in [0.717, 1.165) is 35.1 Å². The van der Waals surface area contributed by atoms with Crippen LogP contribution in [0.4, 0.5) is 5.69 Å². The number of nitrogens with one attached hydrogen (secondary N) is 1. The van der Waals surface area contributed by atoms with E-state index in [0.29, 0.717) is 30.4 Å². The number of carbonyl (C=O) groups is 2. The molecule has 1 aliphatic heterocycles. The Morgan fingerprint density at radius 2 is 1.84 bits per heavy atom. The molecule has 5 rings (SSSR count). The molecule has 1 amide bonds. The van der Waals surface area contributed by atoms with Gasteiger partial charge in [0.05, 0.1) is 11.4 Å². The SMILES string of the molecule is Cc1cc(COc2ccc(NC(=O)[C@@H]3[C@@H](C(=O)O)CC4(CC4C(C)(C)C)CN3C)cc2)c2ccccc2n1. The van der Waals surface area contributed by atoms with E-state index in [9.17, 15) is 14.7 Å². The fourth-order valence-electron chi connectivity index (χ4n) is 6.62. The largest absolute Gasteiger partial charge is 0.489 e. The molecule has 3 aromatic rings. The normalized spacial score (nSPS) is 25.3. The molecule has 7 heteroatoms. The number of rotatable bonds is 6. The van der Waals surface area contributed by atoms with Crippen molar-refractivity contribution in [2.24, 2.45) is 22.7 Å². The summed E-state index contributed by atoms with van der Waals surface area (Å²) >= 11 is 0. The summed E-state index contributed by atoms with van der Waals surface area (Å²) < 4.78 is 6.04. The van der Waals surface area contributed by atoms with Crippen LogP contribution in [0.15, 0.2) is 54.6 Å². The first kappa shape index (κ1) is 26.2. The molecule has 2 fully saturated rings. The van der Waals surface area contributed by atoms with Gasteiger partial charge in [-0.3, -0.25) is 19.5 Å². The minimum Gasteiger partial charge on any atom is -0.489 e. The molecule has 4 atom stereocenters. The molecule has 38 heavy (non-hydrogen) atoms. The Kier molecular flexibility index (Phi) is 6.68. The molecule has 7 nitrogen and oxygen atoms in total. The molecule has 200 valence electrons. The van der Waals surface area contributed by atoms with Crippen molar-refractivity contribution in [3.05, 3.63) is 65.9 Å². The first-order valence-electron chi connectivity index (χ1n) is 13.3. The molecule has 2 N–H and O–H groups in total. The average molecular weight is 516 g/mol. The number of carboxylic acid groups (broad SMARTS) is 1. The van der Waals surface area contributed by atoms with Crippen LogP contribution in [-0.2, 0) is 16.2 Å². The number of hydrogen-bond acceptors (Lipinski definition) is 5. The highest BCUT2D eigenvalue weighted by molar-refractivity contribution is 5.97. The van der Waals surface area contributed by atoms with Crippen LogP contribution < -0.4 is 10.1 Å². The van der Waals surface area contributed by atoms with E-state index in [1.165, 1.54) is 0 Å². The molecule has 2 heterocycles. The van der Waals surface area contributed by atoms with Crippen LogP contribution in [0.5, 0.6) is 5.75 Å². The Bertz CT molecular complexity index is 1360. The molecular weight excluding hydrogens is 478 g/mol. The quantitative estimate of drug-likeness (QED) is 0.449. The number of anilines is 1. The van der Waals surface area contributed by atoms with E-state index in [-0.39, 0.29) is 16.7 Å². The van der Waals surface area contributed by atoms with Gasteiger partial charge in [-0.25, -0.2) is 0 Å². The summed E-state index contributed by atoms with van der Waals surface area (Å²) in [6, 6.07) is 16.5. The Morgan fingerprint density at radius 3 is 2.50 bits per heavy atom. The lowest BCUT2D eigenvalue weighted by Gasteiger charge is -2.42. The lowest BCUT2D eigenvalue weighted by Crippen LogP contribution is -2.56. The zero-order valence-corrected chi connectivity index (χ0v) is 22.8. The van der Waals surface area contributed by atoms with Gasteiger partial charge in [-0.1, -0.05) is 39.0 Å². The number of piperidine rings is 1. The first-order valence-corrected chi connectivity index (χ1v) is 13.3. The molecule has 1 spiro atoms. The number of benzene rings is 2. The van der Waals surface area contributed by atoms with Gasteiger partial charge in [0.1, 0.15) is 18.4 Å². The van der Waals surface area contributed by atoms with E-state index in [1.54, 1.807) is 12.1 Å². The van der Waals surface area contributed by atoms with Gasteiger partial charge >= 0.3 is 5.97 Å². The maximum atomic E-state index is 13.3. The summed E-state index contributed by atoms with van der Waals surface area (Å²) in [5.41, 5.74) is 3.68. The minimum absolute atomic E-state index is 0.00942. The van der Waals surface area contributed by atoms with Crippen LogP contribution in [0.25, 0.3) is 10.9 Å². The van der Waals surface area contributed by atoms with E-state index >= 15 is 0 Å². The average Bonchev–Trinajstić information content (AvgIpc) is 3.56. The zero-order valence-electron chi connectivity index (χ0n) is 22.8. The van der Waals surface area contributed by atoms with Gasteiger partial charge in [-0.05, 0) is 80.0 Å². The molecule has 1 saturated heterocycles. The summed E-state index contributed by atoms with van der Waals surface area (Å²) in [6.07, 6.45) is 1.57. The van der Waals surface area contributed by atoms with Crippen LogP contribution in [0.1, 0.15) is 44.9 Å². The highest BCUT2D eigenvalue weighted by Crippen LogP contribution is 2.65. The number of ether oxygens (including phenoxy) is 1. The van der Waals surface area contributed by atoms with Gasteiger partial charge in [0.25, 0.3) is 0 Å². The smallest absolute Gasteiger partial charge is 0.308 e. The maximum absolute atomic E-state index is 13.3. The summed E-state index contributed by atoms with van der Waals surface area (Å²) in [7, 11) is 1.88. The summed E-state index contributed by atoms with van der Waals surface area (Å²) in [5.74, 6) is -0.760. The Balaban J connectivity index is 1.24. The molecule has 0 bridgehead atoms. The number of likely N-dealkylation sites (N-methyl/N-ethyl adjacent to an activating group) is 1. The lowest BCUT2D eigenvalue weighted by atomic mass is 9.75. The third-order valence-electron chi connectivity index (χ3n) is 8.31. The first-order chi connectivity index (χ1) is 18.0. The van der Waals surface area contributed by atoms with E-state index in [1.807, 2.05) is 61.3 Å². The number of aryl methyl sites for hydroxylation is 1. The van der Waals surface area contributed by atoms with Crippen molar-refractivity contribution >= 4 is 28.5 Å². The number of amides is 1. The molecule has 2 aromatic carbocycles. The van der Waals surface area contributed by atoms with E-state index in [2.05, 4.69) is 31.1 Å².